The molecular weight excluding hydrogens is 256 g/mol. The van der Waals surface area contributed by atoms with E-state index in [1.54, 1.807) is 36.4 Å². The normalized spacial score (nSPS) is 10.1. The highest BCUT2D eigenvalue weighted by Gasteiger charge is 2.08. The lowest BCUT2D eigenvalue weighted by Crippen LogP contribution is -2.14. The average molecular weight is 272 g/mol. The van der Waals surface area contributed by atoms with Gasteiger partial charge in [0, 0.05) is 11.8 Å². The Labute approximate surface area is 117 Å². The van der Waals surface area contributed by atoms with Crippen molar-refractivity contribution in [2.75, 3.05) is 18.2 Å². The van der Waals surface area contributed by atoms with E-state index < -0.39 is 0 Å². The van der Waals surface area contributed by atoms with Crippen LogP contribution in [-0.2, 0) is 11.2 Å². The lowest BCUT2D eigenvalue weighted by Gasteiger charge is -2.09. The van der Waals surface area contributed by atoms with Crippen molar-refractivity contribution < 1.29 is 14.6 Å². The zero-order valence-corrected chi connectivity index (χ0v) is 11.1. The van der Waals surface area contributed by atoms with Crippen molar-refractivity contribution in [3.05, 3.63) is 48.0 Å². The molecule has 0 aromatic heterocycles. The molecule has 0 unspecified atom stereocenters. The van der Waals surface area contributed by atoms with Gasteiger partial charge in [-0.3, -0.25) is 4.79 Å². The Kier molecular flexibility index (Phi) is 4.10. The molecule has 2 rings (SSSR count). The smallest absolute Gasteiger partial charge is 0.228 e. The summed E-state index contributed by atoms with van der Waals surface area (Å²) in [5, 5.41) is 12.4. The number of phenolic OH excluding ortho intramolecular Hbond substituents is 1. The maximum absolute atomic E-state index is 11.9. The first-order chi connectivity index (χ1) is 9.58. The number of carbonyl (C=O) groups excluding carboxylic acids is 1. The largest absolute Gasteiger partial charge is 0.506 e. The molecule has 0 aliphatic rings. The van der Waals surface area contributed by atoms with Crippen LogP contribution >= 0.6 is 0 Å². The third kappa shape index (κ3) is 3.41. The lowest BCUT2D eigenvalue weighted by molar-refractivity contribution is -0.115. The second-order valence-corrected chi connectivity index (χ2v) is 4.35. The topological polar surface area (TPSA) is 84.6 Å². The van der Waals surface area contributed by atoms with Gasteiger partial charge in [-0.05, 0) is 29.8 Å². The van der Waals surface area contributed by atoms with Crippen molar-refractivity contribution in [1.82, 2.24) is 0 Å². The number of ether oxygens (including phenoxy) is 1. The molecular formula is C15H16N2O3. The van der Waals surface area contributed by atoms with E-state index in [0.29, 0.717) is 17.1 Å². The van der Waals surface area contributed by atoms with Crippen LogP contribution in [0.25, 0.3) is 0 Å². The zero-order valence-electron chi connectivity index (χ0n) is 11.1. The summed E-state index contributed by atoms with van der Waals surface area (Å²) in [5.74, 6) is 0.282. The predicted octanol–water partition coefficient (Wildman–Crippen LogP) is 2.16. The van der Waals surface area contributed by atoms with Crippen LogP contribution < -0.4 is 15.8 Å². The van der Waals surface area contributed by atoms with E-state index in [1.165, 1.54) is 13.2 Å². The lowest BCUT2D eigenvalue weighted by atomic mass is 10.1. The number of rotatable bonds is 4. The zero-order chi connectivity index (χ0) is 14.5. The van der Waals surface area contributed by atoms with Crippen molar-refractivity contribution in [3.63, 3.8) is 0 Å². The Morgan fingerprint density at radius 2 is 1.95 bits per heavy atom. The summed E-state index contributed by atoms with van der Waals surface area (Å²) < 4.78 is 4.98. The van der Waals surface area contributed by atoms with Gasteiger partial charge in [0.2, 0.25) is 5.91 Å². The van der Waals surface area contributed by atoms with Crippen LogP contribution in [0.1, 0.15) is 5.56 Å². The van der Waals surface area contributed by atoms with E-state index in [4.69, 9.17) is 10.5 Å². The fraction of sp³-hybridized carbons (Fsp3) is 0.133. The molecule has 0 atom stereocenters. The molecule has 0 aliphatic heterocycles. The highest BCUT2D eigenvalue weighted by atomic mass is 16.5. The molecule has 5 heteroatoms. The minimum absolute atomic E-state index is 0.0324. The molecule has 0 heterocycles. The fourth-order valence-corrected chi connectivity index (χ4v) is 1.76. The molecule has 0 saturated heterocycles. The van der Waals surface area contributed by atoms with E-state index in [1.807, 2.05) is 0 Å². The molecule has 4 N–H and O–H groups in total. The summed E-state index contributed by atoms with van der Waals surface area (Å²) in [7, 11) is 1.51. The van der Waals surface area contributed by atoms with Gasteiger partial charge in [0.25, 0.3) is 0 Å². The van der Waals surface area contributed by atoms with Crippen LogP contribution in [0.3, 0.4) is 0 Å². The molecule has 104 valence electrons. The van der Waals surface area contributed by atoms with Crippen LogP contribution in [0.5, 0.6) is 11.5 Å². The van der Waals surface area contributed by atoms with Gasteiger partial charge in [-0.2, -0.15) is 0 Å². The third-order valence-corrected chi connectivity index (χ3v) is 2.82. The van der Waals surface area contributed by atoms with Crippen LogP contribution in [-0.4, -0.2) is 18.1 Å². The van der Waals surface area contributed by atoms with Crippen LogP contribution in [0.15, 0.2) is 42.5 Å². The van der Waals surface area contributed by atoms with E-state index in [9.17, 15) is 9.90 Å². The quantitative estimate of drug-likeness (QED) is 0.588. The molecule has 5 nitrogen and oxygen atoms in total. The van der Waals surface area contributed by atoms with E-state index in [0.717, 1.165) is 5.56 Å². The summed E-state index contributed by atoms with van der Waals surface area (Å²) in [4.78, 5) is 11.9. The highest BCUT2D eigenvalue weighted by Crippen LogP contribution is 2.27. The van der Waals surface area contributed by atoms with Crippen molar-refractivity contribution in [1.29, 1.82) is 0 Å². The molecule has 0 spiro atoms. The number of benzene rings is 2. The summed E-state index contributed by atoms with van der Waals surface area (Å²) >= 11 is 0. The first-order valence-electron chi connectivity index (χ1n) is 6.10. The first kappa shape index (κ1) is 13.7. The van der Waals surface area contributed by atoms with Crippen molar-refractivity contribution in [3.8, 4) is 11.5 Å². The number of nitrogens with two attached hydrogens (primary N) is 1. The standard InChI is InChI=1S/C15H16N2O3/c1-20-12-6-7-13(14(18)9-12)17-15(19)8-10-2-4-11(16)5-3-10/h2-7,9,18H,8,16H2,1H3,(H,17,19). The summed E-state index contributed by atoms with van der Waals surface area (Å²) in [6, 6.07) is 11.8. The van der Waals surface area contributed by atoms with Gasteiger partial charge in [-0.25, -0.2) is 0 Å². The van der Waals surface area contributed by atoms with Gasteiger partial charge in [0.1, 0.15) is 11.5 Å². The molecule has 0 aliphatic carbocycles. The minimum Gasteiger partial charge on any atom is -0.506 e. The predicted molar refractivity (Wildman–Crippen MR) is 77.8 cm³/mol. The molecule has 1 amide bonds. The molecule has 20 heavy (non-hydrogen) atoms. The van der Waals surface area contributed by atoms with Crippen molar-refractivity contribution in [2.45, 2.75) is 6.42 Å². The monoisotopic (exact) mass is 272 g/mol. The number of phenols is 1. The van der Waals surface area contributed by atoms with Crippen LogP contribution in [0.4, 0.5) is 11.4 Å². The highest BCUT2D eigenvalue weighted by molar-refractivity contribution is 5.93. The van der Waals surface area contributed by atoms with Crippen molar-refractivity contribution in [2.24, 2.45) is 0 Å². The Bertz CT molecular complexity index is 609. The Morgan fingerprint density at radius 1 is 1.25 bits per heavy atom. The second kappa shape index (κ2) is 5.97. The van der Waals surface area contributed by atoms with E-state index in [2.05, 4.69) is 5.32 Å². The number of nitrogens with one attached hydrogen (secondary N) is 1. The Balaban J connectivity index is 2.02. The van der Waals surface area contributed by atoms with Crippen molar-refractivity contribution >= 4 is 17.3 Å². The summed E-state index contributed by atoms with van der Waals surface area (Å²) in [6.45, 7) is 0. The third-order valence-electron chi connectivity index (χ3n) is 2.82. The van der Waals surface area contributed by atoms with Crippen LogP contribution in [0, 0.1) is 0 Å². The van der Waals surface area contributed by atoms with E-state index in [-0.39, 0.29) is 18.1 Å². The SMILES string of the molecule is COc1ccc(NC(=O)Cc2ccc(N)cc2)c(O)c1. The number of nitrogen functional groups attached to an aromatic ring is 1. The maximum Gasteiger partial charge on any atom is 0.228 e. The molecule has 0 fully saturated rings. The van der Waals surface area contributed by atoms with Gasteiger partial charge in [0.05, 0.1) is 19.2 Å². The molecule has 2 aromatic rings. The van der Waals surface area contributed by atoms with Gasteiger partial charge in [-0.15, -0.1) is 0 Å². The number of hydrogen-bond acceptors (Lipinski definition) is 4. The minimum atomic E-state index is -0.213. The second-order valence-electron chi connectivity index (χ2n) is 4.35. The average Bonchev–Trinajstić information content (AvgIpc) is 2.43. The molecule has 0 saturated carbocycles. The molecule has 2 aromatic carbocycles. The van der Waals surface area contributed by atoms with Gasteiger partial charge in [-0.1, -0.05) is 12.1 Å². The number of aromatic hydroxyl groups is 1. The van der Waals surface area contributed by atoms with Gasteiger partial charge < -0.3 is 20.9 Å². The number of amides is 1. The van der Waals surface area contributed by atoms with Gasteiger partial charge >= 0.3 is 0 Å². The number of carbonyl (C=O) groups is 1. The number of methoxy groups -OCH3 is 1. The van der Waals surface area contributed by atoms with Gasteiger partial charge in [0.15, 0.2) is 0 Å². The number of hydrogen-bond donors (Lipinski definition) is 3. The Hall–Kier alpha value is -2.69. The van der Waals surface area contributed by atoms with Crippen LogP contribution in [0.2, 0.25) is 0 Å². The fourth-order valence-electron chi connectivity index (χ4n) is 1.76. The summed E-state index contributed by atoms with van der Waals surface area (Å²) in [6.07, 6.45) is 0.214. The number of anilines is 2. The summed E-state index contributed by atoms with van der Waals surface area (Å²) in [5.41, 5.74) is 7.44. The van der Waals surface area contributed by atoms with E-state index >= 15 is 0 Å². The Morgan fingerprint density at radius 3 is 2.55 bits per heavy atom. The maximum atomic E-state index is 11.9. The molecule has 0 radical (unpaired) electrons. The molecule has 0 bridgehead atoms. The first-order valence-corrected chi connectivity index (χ1v) is 6.10.